The van der Waals surface area contributed by atoms with Gasteiger partial charge in [0.05, 0.1) is 26.1 Å². The molecule has 0 radical (unpaired) electrons. The van der Waals surface area contributed by atoms with Gasteiger partial charge in [-0.05, 0) is 40.7 Å². The Kier molecular flexibility index (Phi) is 23.4. The molecule has 128 valence electrons. The largest absolute Gasteiger partial charge is 0.502 e. The Bertz CT molecular complexity index is 191. The topological polar surface area (TPSA) is 46.2 Å². The van der Waals surface area contributed by atoms with E-state index in [1.165, 1.54) is 0 Å². The van der Waals surface area contributed by atoms with Gasteiger partial charge in [-0.25, -0.2) is 0 Å². The molecule has 0 aromatic rings. The highest BCUT2D eigenvalue weighted by molar-refractivity contribution is 4.71. The second kappa shape index (κ2) is 21.7. The lowest BCUT2D eigenvalue weighted by atomic mass is 10.4. The molecule has 5 nitrogen and oxygen atoms in total. The molecule has 0 amide bonds. The number of hydrogen-bond donors (Lipinski definition) is 0. The zero-order chi connectivity index (χ0) is 16.2. The predicted molar refractivity (Wildman–Crippen MR) is 85.4 cm³/mol. The third kappa shape index (κ3) is 21.8. The minimum atomic E-state index is -0.0912. The van der Waals surface area contributed by atoms with Crippen LogP contribution in [0.4, 0.5) is 0 Å². The normalized spacial score (nSPS) is 10.8. The molecule has 0 aliphatic carbocycles. The van der Waals surface area contributed by atoms with E-state index in [2.05, 4.69) is 0 Å². The molecule has 0 unspecified atom stereocenters. The summed E-state index contributed by atoms with van der Waals surface area (Å²) < 4.78 is 25.8. The summed E-state index contributed by atoms with van der Waals surface area (Å²) in [6.45, 7) is 14.8. The maximum absolute atomic E-state index is 5.33. The first kappa shape index (κ1) is 22.7. The van der Waals surface area contributed by atoms with Gasteiger partial charge in [-0.3, -0.25) is 0 Å². The molecule has 0 aliphatic rings. The third-order valence-corrected chi connectivity index (χ3v) is 2.18. The fourth-order valence-corrected chi connectivity index (χ4v) is 1.30. The molecule has 0 aromatic carbocycles. The van der Waals surface area contributed by atoms with Crippen molar-refractivity contribution in [3.05, 3.63) is 12.3 Å². The van der Waals surface area contributed by atoms with E-state index in [1.807, 2.05) is 40.7 Å². The quantitative estimate of drug-likeness (QED) is 0.296. The van der Waals surface area contributed by atoms with Gasteiger partial charge in [0.15, 0.2) is 6.29 Å². The molecule has 0 aliphatic heterocycles. The first-order valence-electron chi connectivity index (χ1n) is 7.91. The number of ether oxygens (including phenoxy) is 5. The molecule has 0 spiro atoms. The summed E-state index contributed by atoms with van der Waals surface area (Å²) in [4.78, 5) is 0. The Hall–Kier alpha value is -0.620. The molecule has 0 fully saturated rings. The lowest BCUT2D eigenvalue weighted by molar-refractivity contribution is -0.146. The van der Waals surface area contributed by atoms with Crippen molar-refractivity contribution < 1.29 is 23.7 Å². The van der Waals surface area contributed by atoms with Crippen LogP contribution in [0.5, 0.6) is 0 Å². The zero-order valence-electron chi connectivity index (χ0n) is 14.4. The first-order chi connectivity index (χ1) is 10.3. The highest BCUT2D eigenvalue weighted by Crippen LogP contribution is 2.00. The van der Waals surface area contributed by atoms with Crippen LogP contribution in [0.25, 0.3) is 0 Å². The Morgan fingerprint density at radius 1 is 0.762 bits per heavy atom. The van der Waals surface area contributed by atoms with Gasteiger partial charge in [0.25, 0.3) is 0 Å². The number of rotatable bonds is 13. The first-order valence-corrected chi connectivity index (χ1v) is 7.91. The Balaban J connectivity index is 0. The van der Waals surface area contributed by atoms with Gasteiger partial charge in [-0.2, -0.15) is 0 Å². The van der Waals surface area contributed by atoms with E-state index in [4.69, 9.17) is 23.7 Å². The van der Waals surface area contributed by atoms with Crippen molar-refractivity contribution in [3.63, 3.8) is 0 Å². The van der Waals surface area contributed by atoms with Crippen molar-refractivity contribution in [2.45, 2.75) is 47.3 Å². The second-order valence-electron chi connectivity index (χ2n) is 3.81. The Labute approximate surface area is 130 Å². The van der Waals surface area contributed by atoms with Crippen LogP contribution in [-0.2, 0) is 23.7 Å². The molecule has 0 N–H and O–H groups in total. The smallest absolute Gasteiger partial charge is 0.159 e. The van der Waals surface area contributed by atoms with Gasteiger partial charge >= 0.3 is 0 Å². The van der Waals surface area contributed by atoms with Crippen molar-refractivity contribution in [1.29, 1.82) is 0 Å². The molecular formula is C16H34O5. The summed E-state index contributed by atoms with van der Waals surface area (Å²) in [6.07, 6.45) is 4.24. The van der Waals surface area contributed by atoms with Crippen molar-refractivity contribution in [3.8, 4) is 0 Å². The van der Waals surface area contributed by atoms with Gasteiger partial charge in [0, 0.05) is 32.8 Å². The van der Waals surface area contributed by atoms with E-state index >= 15 is 0 Å². The van der Waals surface area contributed by atoms with E-state index in [1.54, 1.807) is 6.26 Å². The van der Waals surface area contributed by atoms with E-state index in [-0.39, 0.29) is 6.29 Å². The highest BCUT2D eigenvalue weighted by atomic mass is 16.7. The van der Waals surface area contributed by atoms with Crippen LogP contribution in [-0.4, -0.2) is 52.5 Å². The molecule has 0 heterocycles. The monoisotopic (exact) mass is 306 g/mol. The third-order valence-electron chi connectivity index (χ3n) is 2.18. The molecule has 0 atom stereocenters. The zero-order valence-corrected chi connectivity index (χ0v) is 14.4. The fraction of sp³-hybridized carbons (Fsp3) is 0.875. The number of hydrogen-bond acceptors (Lipinski definition) is 5. The van der Waals surface area contributed by atoms with E-state index < -0.39 is 0 Å². The van der Waals surface area contributed by atoms with E-state index in [0.717, 1.165) is 26.2 Å². The van der Waals surface area contributed by atoms with Crippen LogP contribution in [0.3, 0.4) is 0 Å². The van der Waals surface area contributed by atoms with Gasteiger partial charge in [0.1, 0.15) is 0 Å². The summed E-state index contributed by atoms with van der Waals surface area (Å²) >= 11 is 0. The summed E-state index contributed by atoms with van der Waals surface area (Å²) in [5.41, 5.74) is 0. The van der Waals surface area contributed by atoms with Crippen molar-refractivity contribution in [2.24, 2.45) is 0 Å². The van der Waals surface area contributed by atoms with Gasteiger partial charge in [-0.1, -0.05) is 0 Å². The Morgan fingerprint density at radius 3 is 1.86 bits per heavy atom. The minimum absolute atomic E-state index is 0.0912. The Morgan fingerprint density at radius 2 is 1.38 bits per heavy atom. The van der Waals surface area contributed by atoms with Crippen LogP contribution in [0.1, 0.15) is 41.0 Å². The molecule has 0 rings (SSSR count). The summed E-state index contributed by atoms with van der Waals surface area (Å²) in [5, 5.41) is 0. The molecule has 0 aromatic heterocycles. The van der Waals surface area contributed by atoms with E-state index in [0.29, 0.717) is 26.4 Å². The summed E-state index contributed by atoms with van der Waals surface area (Å²) in [5.74, 6) is 0. The maximum atomic E-state index is 5.33. The van der Waals surface area contributed by atoms with Crippen molar-refractivity contribution in [1.82, 2.24) is 0 Å². The highest BCUT2D eigenvalue weighted by Gasteiger charge is 2.06. The lowest BCUT2D eigenvalue weighted by Crippen LogP contribution is -2.19. The van der Waals surface area contributed by atoms with Crippen LogP contribution < -0.4 is 0 Å². The fourth-order valence-electron chi connectivity index (χ4n) is 1.30. The van der Waals surface area contributed by atoms with Gasteiger partial charge < -0.3 is 23.7 Å². The maximum Gasteiger partial charge on any atom is 0.159 e. The van der Waals surface area contributed by atoms with E-state index in [9.17, 15) is 0 Å². The molecule has 0 saturated heterocycles. The standard InChI is InChI=1S/C9H20O3.C7H14O2/c1-4-10-8-7-9(11-5-2)12-6-3;1-3-8-6-5-7-9-4-2/h9H,4-8H2,1-3H3;5-6H,3-4,7H2,1-2H3. The lowest BCUT2D eigenvalue weighted by Gasteiger charge is -2.16. The summed E-state index contributed by atoms with van der Waals surface area (Å²) in [7, 11) is 0. The summed E-state index contributed by atoms with van der Waals surface area (Å²) in [6, 6.07) is 0. The molecule has 21 heavy (non-hydrogen) atoms. The molecular weight excluding hydrogens is 272 g/mol. The van der Waals surface area contributed by atoms with Crippen molar-refractivity contribution in [2.75, 3.05) is 46.2 Å². The van der Waals surface area contributed by atoms with Gasteiger partial charge in [-0.15, -0.1) is 0 Å². The average Bonchev–Trinajstić information content (AvgIpc) is 2.49. The van der Waals surface area contributed by atoms with Crippen LogP contribution in [0, 0.1) is 0 Å². The minimum Gasteiger partial charge on any atom is -0.502 e. The predicted octanol–water partition coefficient (Wildman–Crippen LogP) is 3.39. The van der Waals surface area contributed by atoms with Crippen LogP contribution in [0.2, 0.25) is 0 Å². The molecule has 5 heteroatoms. The van der Waals surface area contributed by atoms with Crippen LogP contribution in [0.15, 0.2) is 12.3 Å². The average molecular weight is 306 g/mol. The second-order valence-corrected chi connectivity index (χ2v) is 3.81. The van der Waals surface area contributed by atoms with Gasteiger partial charge in [0.2, 0.25) is 0 Å². The van der Waals surface area contributed by atoms with Crippen molar-refractivity contribution >= 4 is 0 Å². The SMILES string of the molecule is CCOC=CCOCC.CCOCCC(OCC)OCC. The molecule has 0 saturated carbocycles. The molecule has 0 bridgehead atoms. The van der Waals surface area contributed by atoms with Crippen LogP contribution >= 0.6 is 0 Å².